The number of anilines is 2. The average molecular weight is 273 g/mol. The van der Waals surface area contributed by atoms with Gasteiger partial charge >= 0.3 is 0 Å². The normalized spacial score (nSPS) is 9.83. The Bertz CT molecular complexity index is 484. The molecule has 1 heterocycles. The van der Waals surface area contributed by atoms with E-state index in [0.29, 0.717) is 0 Å². The lowest BCUT2D eigenvalue weighted by Crippen LogP contribution is -2.30. The van der Waals surface area contributed by atoms with Crippen LogP contribution in [0.25, 0.3) is 0 Å². The smallest absolute Gasteiger partial charge is 0.273 e. The number of nitrogens with two attached hydrogens (primary N) is 4. The van der Waals surface area contributed by atoms with Crippen molar-refractivity contribution >= 4 is 35.1 Å². The minimum absolute atomic E-state index is 0.0359. The summed E-state index contributed by atoms with van der Waals surface area (Å²) in [5.41, 5.74) is 21.0. The highest BCUT2D eigenvalue weighted by Gasteiger charge is 2.15. The Kier molecular flexibility index (Phi) is 4.49. The number of aliphatic imine (C=N–C) groups is 1. The van der Waals surface area contributed by atoms with Gasteiger partial charge in [0.15, 0.2) is 28.4 Å². The molecule has 0 bridgehead atoms. The van der Waals surface area contributed by atoms with E-state index in [1.807, 2.05) is 0 Å². The van der Waals surface area contributed by atoms with Crippen molar-refractivity contribution in [1.82, 2.24) is 15.3 Å². The van der Waals surface area contributed by atoms with E-state index in [9.17, 15) is 4.79 Å². The fourth-order valence-electron chi connectivity index (χ4n) is 1.05. The van der Waals surface area contributed by atoms with Gasteiger partial charge in [-0.25, -0.2) is 9.97 Å². The third kappa shape index (κ3) is 3.63. The molecule has 0 aliphatic rings. The molecular weight excluding hydrogens is 260 g/mol. The van der Waals surface area contributed by atoms with Crippen LogP contribution in [0.5, 0.6) is 0 Å². The Labute approximate surface area is 108 Å². The van der Waals surface area contributed by atoms with Crippen LogP contribution in [0.15, 0.2) is 4.99 Å². The van der Waals surface area contributed by atoms with Crippen molar-refractivity contribution in [2.75, 3.05) is 24.6 Å². The van der Waals surface area contributed by atoms with Crippen LogP contribution in [0.1, 0.15) is 10.5 Å². The second kappa shape index (κ2) is 5.87. The number of hydrogen-bond donors (Lipinski definition) is 5. The molecule has 0 spiro atoms. The molecule has 1 aromatic rings. The van der Waals surface area contributed by atoms with E-state index < -0.39 is 5.91 Å². The predicted molar refractivity (Wildman–Crippen MR) is 68.9 cm³/mol. The molecular formula is C8H13ClN8O. The SMILES string of the molecule is NC(N)=NCCNC(=O)c1nc(Cl)c(N)nc1N. The highest BCUT2D eigenvalue weighted by Crippen LogP contribution is 2.16. The van der Waals surface area contributed by atoms with Gasteiger partial charge < -0.3 is 28.3 Å². The first kappa shape index (κ1) is 13.8. The lowest BCUT2D eigenvalue weighted by molar-refractivity contribution is 0.0950. The lowest BCUT2D eigenvalue weighted by atomic mass is 10.3. The molecule has 0 aromatic carbocycles. The predicted octanol–water partition coefficient (Wildman–Crippen LogP) is -1.70. The number of aromatic nitrogens is 2. The molecule has 9 N–H and O–H groups in total. The molecule has 9 nitrogen and oxygen atoms in total. The Hall–Kier alpha value is -2.29. The number of carbonyl (C=O) groups is 1. The maximum atomic E-state index is 11.7. The summed E-state index contributed by atoms with van der Waals surface area (Å²) < 4.78 is 0. The molecule has 0 radical (unpaired) electrons. The molecule has 1 rings (SSSR count). The van der Waals surface area contributed by atoms with Crippen molar-refractivity contribution in [3.63, 3.8) is 0 Å². The van der Waals surface area contributed by atoms with Crippen molar-refractivity contribution in [1.29, 1.82) is 0 Å². The standard InChI is InChI=1S/C8H13ClN8O/c9-4-6(11)17-5(10)3(16-4)7(18)14-1-2-15-8(12)13/h1-2H2,(H,14,18)(H4,10,11,17)(H4,12,13,15). The number of nitrogens with one attached hydrogen (secondary N) is 1. The van der Waals surface area contributed by atoms with Gasteiger partial charge in [0.2, 0.25) is 0 Å². The van der Waals surface area contributed by atoms with Crippen LogP contribution < -0.4 is 28.3 Å². The van der Waals surface area contributed by atoms with Crippen molar-refractivity contribution < 1.29 is 4.79 Å². The first-order valence-electron chi connectivity index (χ1n) is 4.84. The minimum atomic E-state index is -0.535. The lowest BCUT2D eigenvalue weighted by Gasteiger charge is -2.06. The molecule has 1 aromatic heterocycles. The van der Waals surface area contributed by atoms with E-state index in [4.69, 9.17) is 34.5 Å². The van der Waals surface area contributed by atoms with Gasteiger partial charge in [-0.2, -0.15) is 0 Å². The van der Waals surface area contributed by atoms with Crippen LogP contribution in [-0.2, 0) is 0 Å². The van der Waals surface area contributed by atoms with Crippen LogP contribution in [0.3, 0.4) is 0 Å². The molecule has 98 valence electrons. The molecule has 0 saturated carbocycles. The zero-order valence-electron chi connectivity index (χ0n) is 9.35. The molecule has 1 amide bonds. The highest BCUT2D eigenvalue weighted by atomic mass is 35.5. The maximum Gasteiger partial charge on any atom is 0.273 e. The monoisotopic (exact) mass is 272 g/mol. The zero-order chi connectivity index (χ0) is 13.7. The fraction of sp³-hybridized carbons (Fsp3) is 0.250. The van der Waals surface area contributed by atoms with Gasteiger partial charge in [-0.1, -0.05) is 11.6 Å². The molecule has 0 atom stereocenters. The van der Waals surface area contributed by atoms with Crippen molar-refractivity contribution in [2.45, 2.75) is 0 Å². The Balaban J connectivity index is 2.67. The summed E-state index contributed by atoms with van der Waals surface area (Å²) in [6.45, 7) is 0.462. The van der Waals surface area contributed by atoms with E-state index in [-0.39, 0.29) is 41.5 Å². The number of nitrogen functional groups attached to an aromatic ring is 2. The summed E-state index contributed by atoms with van der Waals surface area (Å²) in [6.07, 6.45) is 0. The Morgan fingerprint density at radius 2 is 1.94 bits per heavy atom. The van der Waals surface area contributed by atoms with Gasteiger partial charge in [-0.05, 0) is 0 Å². The van der Waals surface area contributed by atoms with Gasteiger partial charge in [0.1, 0.15) is 0 Å². The summed E-state index contributed by atoms with van der Waals surface area (Å²) in [5.74, 6) is -0.728. The maximum absolute atomic E-state index is 11.7. The van der Waals surface area contributed by atoms with Gasteiger partial charge in [-0.15, -0.1) is 0 Å². The van der Waals surface area contributed by atoms with Gasteiger partial charge in [0.25, 0.3) is 5.91 Å². The van der Waals surface area contributed by atoms with Gasteiger partial charge in [-0.3, -0.25) is 9.79 Å². The summed E-state index contributed by atoms with van der Waals surface area (Å²) in [6, 6.07) is 0. The number of guanidine groups is 1. The second-order valence-electron chi connectivity index (χ2n) is 3.20. The number of carbonyl (C=O) groups excluding carboxylic acids is 1. The molecule has 0 saturated heterocycles. The van der Waals surface area contributed by atoms with Crippen molar-refractivity contribution in [3.05, 3.63) is 10.8 Å². The number of nitrogens with zero attached hydrogens (tertiary/aromatic N) is 3. The summed E-state index contributed by atoms with van der Waals surface area (Å²) >= 11 is 5.64. The summed E-state index contributed by atoms with van der Waals surface area (Å²) in [7, 11) is 0. The molecule has 0 aliphatic carbocycles. The number of rotatable bonds is 4. The number of hydrogen-bond acceptors (Lipinski definition) is 6. The Morgan fingerprint density at radius 1 is 1.28 bits per heavy atom. The van der Waals surface area contributed by atoms with Crippen LogP contribution in [0, 0.1) is 0 Å². The summed E-state index contributed by atoms with van der Waals surface area (Å²) in [4.78, 5) is 22.8. The van der Waals surface area contributed by atoms with Crippen LogP contribution in [-0.4, -0.2) is 34.9 Å². The van der Waals surface area contributed by atoms with Gasteiger partial charge in [0, 0.05) is 6.54 Å². The van der Waals surface area contributed by atoms with E-state index >= 15 is 0 Å². The van der Waals surface area contributed by atoms with Crippen LogP contribution in [0.2, 0.25) is 5.15 Å². The van der Waals surface area contributed by atoms with Crippen LogP contribution >= 0.6 is 11.6 Å². The fourth-order valence-corrected chi connectivity index (χ4v) is 1.17. The number of halogens is 1. The Morgan fingerprint density at radius 3 is 2.56 bits per heavy atom. The van der Waals surface area contributed by atoms with E-state index in [2.05, 4.69) is 20.3 Å². The largest absolute Gasteiger partial charge is 0.382 e. The topological polar surface area (TPSA) is 171 Å². The third-order valence-corrected chi connectivity index (χ3v) is 2.09. The highest BCUT2D eigenvalue weighted by molar-refractivity contribution is 6.31. The van der Waals surface area contributed by atoms with E-state index in [0.717, 1.165) is 0 Å². The van der Waals surface area contributed by atoms with E-state index in [1.54, 1.807) is 0 Å². The average Bonchev–Trinajstić information content (AvgIpc) is 2.28. The van der Waals surface area contributed by atoms with Crippen LogP contribution in [0.4, 0.5) is 11.6 Å². The van der Waals surface area contributed by atoms with E-state index in [1.165, 1.54) is 0 Å². The number of amides is 1. The van der Waals surface area contributed by atoms with Crippen molar-refractivity contribution in [3.8, 4) is 0 Å². The molecule has 18 heavy (non-hydrogen) atoms. The van der Waals surface area contributed by atoms with Crippen molar-refractivity contribution in [2.24, 2.45) is 16.5 Å². The molecule has 0 aliphatic heterocycles. The quantitative estimate of drug-likeness (QED) is 0.247. The third-order valence-electron chi connectivity index (χ3n) is 1.81. The molecule has 0 unspecified atom stereocenters. The van der Waals surface area contributed by atoms with Gasteiger partial charge in [0.05, 0.1) is 6.54 Å². The first-order valence-corrected chi connectivity index (χ1v) is 5.21. The zero-order valence-corrected chi connectivity index (χ0v) is 10.1. The molecule has 0 fully saturated rings. The first-order chi connectivity index (χ1) is 8.41. The molecule has 10 heteroatoms. The minimum Gasteiger partial charge on any atom is -0.382 e. The second-order valence-corrected chi connectivity index (χ2v) is 3.55. The summed E-state index contributed by atoms with van der Waals surface area (Å²) in [5, 5.41) is 2.42.